The van der Waals surface area contributed by atoms with Crippen LogP contribution in [0.5, 0.6) is 0 Å². The second kappa shape index (κ2) is 13.2. The van der Waals surface area contributed by atoms with Crippen LogP contribution < -0.4 is 9.62 Å². The molecule has 0 spiro atoms. The highest BCUT2D eigenvalue weighted by atomic mass is 35.5. The average molecular weight is 617 g/mol. The van der Waals surface area contributed by atoms with E-state index in [1.54, 1.807) is 19.1 Å². The molecule has 0 saturated carbocycles. The van der Waals surface area contributed by atoms with E-state index in [0.29, 0.717) is 33.9 Å². The Hall–Kier alpha value is -2.21. The fraction of sp³-hybridized carbons (Fsp3) is 0.417. The van der Waals surface area contributed by atoms with E-state index in [1.807, 2.05) is 6.92 Å². The maximum absolute atomic E-state index is 13.6. The molecular formula is C24H27Cl3F3N3O4S. The maximum atomic E-state index is 13.6. The van der Waals surface area contributed by atoms with Crippen molar-refractivity contribution in [2.45, 2.75) is 45.5 Å². The summed E-state index contributed by atoms with van der Waals surface area (Å²) in [5.74, 6) is -1.30. The third kappa shape index (κ3) is 8.39. The number of halogens is 6. The molecule has 2 amide bonds. The Morgan fingerprint density at radius 3 is 2.21 bits per heavy atom. The lowest BCUT2D eigenvalue weighted by atomic mass is 10.1. The van der Waals surface area contributed by atoms with Gasteiger partial charge in [0.2, 0.25) is 21.8 Å². The van der Waals surface area contributed by atoms with E-state index in [0.717, 1.165) is 23.3 Å². The Morgan fingerprint density at radius 1 is 1.03 bits per heavy atom. The van der Waals surface area contributed by atoms with E-state index < -0.39 is 56.9 Å². The minimum absolute atomic E-state index is 0.171. The number of nitrogens with one attached hydrogen (secondary N) is 1. The molecule has 210 valence electrons. The summed E-state index contributed by atoms with van der Waals surface area (Å²) in [5, 5.41) is 2.65. The summed E-state index contributed by atoms with van der Waals surface area (Å²) in [4.78, 5) is 27.7. The number of benzene rings is 2. The largest absolute Gasteiger partial charge is 0.417 e. The summed E-state index contributed by atoms with van der Waals surface area (Å²) >= 11 is 17.9. The zero-order chi connectivity index (χ0) is 28.8. The van der Waals surface area contributed by atoms with E-state index in [9.17, 15) is 31.2 Å². The van der Waals surface area contributed by atoms with Crippen LogP contribution in [0.4, 0.5) is 18.9 Å². The monoisotopic (exact) mass is 615 g/mol. The van der Waals surface area contributed by atoms with Crippen LogP contribution in [0.3, 0.4) is 0 Å². The first-order valence-electron chi connectivity index (χ1n) is 11.5. The summed E-state index contributed by atoms with van der Waals surface area (Å²) in [6.45, 7) is 2.81. The van der Waals surface area contributed by atoms with Gasteiger partial charge in [0.05, 0.1) is 22.5 Å². The Balaban J connectivity index is 2.54. The molecule has 0 bridgehead atoms. The fourth-order valence-electron chi connectivity index (χ4n) is 3.62. The average Bonchev–Trinajstić information content (AvgIpc) is 2.81. The van der Waals surface area contributed by atoms with Gasteiger partial charge in [-0.25, -0.2) is 8.42 Å². The molecule has 1 atom stereocenters. The number of hydrogen-bond donors (Lipinski definition) is 1. The van der Waals surface area contributed by atoms with Crippen molar-refractivity contribution in [3.05, 3.63) is 62.6 Å². The van der Waals surface area contributed by atoms with E-state index in [1.165, 1.54) is 6.07 Å². The highest BCUT2D eigenvalue weighted by Crippen LogP contribution is 2.37. The van der Waals surface area contributed by atoms with Gasteiger partial charge in [0.1, 0.15) is 12.6 Å². The highest BCUT2D eigenvalue weighted by molar-refractivity contribution is 7.92. The van der Waals surface area contributed by atoms with Crippen LogP contribution in [0.1, 0.15) is 37.8 Å². The lowest BCUT2D eigenvalue weighted by molar-refractivity contribution is -0.140. The molecule has 14 heteroatoms. The molecule has 7 nitrogen and oxygen atoms in total. The summed E-state index contributed by atoms with van der Waals surface area (Å²) < 4.78 is 66.1. The Morgan fingerprint density at radius 2 is 1.68 bits per heavy atom. The molecule has 2 aromatic carbocycles. The van der Waals surface area contributed by atoms with E-state index in [4.69, 9.17) is 34.8 Å². The van der Waals surface area contributed by atoms with Gasteiger partial charge in [-0.3, -0.25) is 13.9 Å². The first kappa shape index (κ1) is 32.0. The van der Waals surface area contributed by atoms with Gasteiger partial charge >= 0.3 is 6.18 Å². The third-order valence-electron chi connectivity index (χ3n) is 5.51. The van der Waals surface area contributed by atoms with Crippen molar-refractivity contribution in [2.24, 2.45) is 0 Å². The molecule has 0 unspecified atom stereocenters. The van der Waals surface area contributed by atoms with Crippen LogP contribution >= 0.6 is 34.8 Å². The summed E-state index contributed by atoms with van der Waals surface area (Å²) in [7, 11) is -4.24. The number of hydrogen-bond acceptors (Lipinski definition) is 4. The van der Waals surface area contributed by atoms with Crippen molar-refractivity contribution in [3.63, 3.8) is 0 Å². The van der Waals surface area contributed by atoms with E-state index in [-0.39, 0.29) is 18.0 Å². The highest BCUT2D eigenvalue weighted by Gasteiger charge is 2.36. The van der Waals surface area contributed by atoms with Crippen molar-refractivity contribution in [3.8, 4) is 0 Å². The molecule has 0 aliphatic rings. The third-order valence-corrected chi connectivity index (χ3v) is 7.57. The van der Waals surface area contributed by atoms with Crippen molar-refractivity contribution < 1.29 is 31.2 Å². The predicted octanol–water partition coefficient (Wildman–Crippen LogP) is 5.77. The smallest absolute Gasteiger partial charge is 0.354 e. The second-order valence-corrected chi connectivity index (χ2v) is 11.6. The number of carbonyl (C=O) groups excluding carboxylic acids is 2. The molecular weight excluding hydrogens is 590 g/mol. The van der Waals surface area contributed by atoms with Gasteiger partial charge in [0.15, 0.2) is 0 Å². The Bertz CT molecular complexity index is 1280. The maximum Gasteiger partial charge on any atom is 0.417 e. The van der Waals surface area contributed by atoms with Gasteiger partial charge in [-0.1, -0.05) is 54.7 Å². The molecule has 0 aliphatic carbocycles. The van der Waals surface area contributed by atoms with E-state index in [2.05, 4.69) is 5.32 Å². The number of amides is 2. The van der Waals surface area contributed by atoms with Crippen LogP contribution in [0.15, 0.2) is 36.4 Å². The number of anilines is 1. The van der Waals surface area contributed by atoms with Crippen LogP contribution in [0.25, 0.3) is 0 Å². The van der Waals surface area contributed by atoms with Gasteiger partial charge in [0.25, 0.3) is 0 Å². The lowest BCUT2D eigenvalue weighted by Crippen LogP contribution is -2.52. The van der Waals surface area contributed by atoms with Crippen molar-refractivity contribution in [1.82, 2.24) is 10.2 Å². The first-order chi connectivity index (χ1) is 17.6. The van der Waals surface area contributed by atoms with Crippen LogP contribution in [0.2, 0.25) is 15.1 Å². The Labute approximate surface area is 234 Å². The molecule has 0 heterocycles. The van der Waals surface area contributed by atoms with Gasteiger partial charge in [-0.2, -0.15) is 13.2 Å². The van der Waals surface area contributed by atoms with Crippen molar-refractivity contribution in [1.29, 1.82) is 0 Å². The molecule has 0 radical (unpaired) electrons. The van der Waals surface area contributed by atoms with Crippen LogP contribution in [0, 0.1) is 0 Å². The quantitative estimate of drug-likeness (QED) is 0.348. The SMILES string of the molecule is CCCNC(=O)[C@@H](CC)N(Cc1ccc(Cl)cc1Cl)C(=O)CN(c1ccc(Cl)c(C(F)(F)F)c1)S(C)(=O)=O. The van der Waals surface area contributed by atoms with Gasteiger partial charge in [-0.05, 0) is 48.7 Å². The van der Waals surface area contributed by atoms with Gasteiger partial charge < -0.3 is 10.2 Å². The van der Waals surface area contributed by atoms with Crippen molar-refractivity contribution in [2.75, 3.05) is 23.7 Å². The molecule has 0 aliphatic heterocycles. The Kier molecular flexibility index (Phi) is 11.1. The molecule has 38 heavy (non-hydrogen) atoms. The molecule has 2 aromatic rings. The molecule has 0 fully saturated rings. The zero-order valence-corrected chi connectivity index (χ0v) is 23.9. The summed E-state index contributed by atoms with van der Waals surface area (Å²) in [6.07, 6.45) is -3.29. The normalized spacial score (nSPS) is 12.7. The molecule has 0 aromatic heterocycles. The number of sulfonamides is 1. The number of rotatable bonds is 11. The molecule has 2 rings (SSSR count). The predicted molar refractivity (Wildman–Crippen MR) is 143 cm³/mol. The minimum Gasteiger partial charge on any atom is -0.354 e. The number of carbonyl (C=O) groups is 2. The second-order valence-electron chi connectivity index (χ2n) is 8.40. The first-order valence-corrected chi connectivity index (χ1v) is 14.4. The fourth-order valence-corrected chi connectivity index (χ4v) is 5.15. The molecule has 0 saturated heterocycles. The van der Waals surface area contributed by atoms with Gasteiger partial charge in [0, 0.05) is 23.1 Å². The minimum atomic E-state index is -4.86. The van der Waals surface area contributed by atoms with Crippen LogP contribution in [-0.2, 0) is 32.3 Å². The van der Waals surface area contributed by atoms with Crippen molar-refractivity contribution >= 4 is 62.3 Å². The van der Waals surface area contributed by atoms with E-state index >= 15 is 0 Å². The summed E-state index contributed by atoms with van der Waals surface area (Å²) in [6, 6.07) is 6.07. The topological polar surface area (TPSA) is 86.8 Å². The number of nitrogens with zero attached hydrogens (tertiary/aromatic N) is 2. The zero-order valence-electron chi connectivity index (χ0n) is 20.8. The lowest BCUT2D eigenvalue weighted by Gasteiger charge is -2.33. The van der Waals surface area contributed by atoms with Gasteiger partial charge in [-0.15, -0.1) is 0 Å². The summed E-state index contributed by atoms with van der Waals surface area (Å²) in [5.41, 5.74) is -1.23. The van der Waals surface area contributed by atoms with Crippen LogP contribution in [-0.4, -0.2) is 50.5 Å². The standard InChI is InChI=1S/C24H27Cl3F3N3O4S/c1-4-10-31-23(35)21(5-2)32(13-15-6-7-16(25)11-20(15)27)22(34)14-33(38(3,36)37)17-8-9-19(26)18(12-17)24(28,29)30/h6-9,11-12,21H,4-5,10,13-14H2,1-3H3,(H,31,35)/t21-/m1/s1. The molecule has 1 N–H and O–H groups in total. The number of alkyl halides is 3.